The molecule has 0 spiro atoms. The molecule has 6 rings (SSSR count). The number of likely N-dealkylation sites (tertiary alicyclic amines) is 1. The Bertz CT molecular complexity index is 1140. The lowest BCUT2D eigenvalue weighted by molar-refractivity contribution is -0.197. The third-order valence-electron chi connectivity index (χ3n) is 10.6. The average molecular weight is 633 g/mol. The van der Waals surface area contributed by atoms with Gasteiger partial charge in [-0.15, -0.1) is 0 Å². The first-order valence-electron chi connectivity index (χ1n) is 17.2. The molecule has 2 N–H and O–H groups in total. The molecule has 11 nitrogen and oxygen atoms in total. The zero-order chi connectivity index (χ0) is 31.9. The van der Waals surface area contributed by atoms with Crippen LogP contribution in [-0.4, -0.2) is 145 Å². The van der Waals surface area contributed by atoms with Crippen molar-refractivity contribution >= 4 is 17.8 Å². The number of alkyl halides is 1. The molecule has 5 fully saturated rings. The van der Waals surface area contributed by atoms with Crippen molar-refractivity contribution in [3.8, 4) is 0 Å². The van der Waals surface area contributed by atoms with Crippen molar-refractivity contribution in [1.82, 2.24) is 30.2 Å². The van der Waals surface area contributed by atoms with Crippen LogP contribution < -0.4 is 10.6 Å². The van der Waals surface area contributed by atoms with E-state index in [-0.39, 0.29) is 47.9 Å². The van der Waals surface area contributed by atoms with Gasteiger partial charge in [-0.3, -0.25) is 9.59 Å². The Hall–Kier alpha value is -2.28. The second-order valence-corrected chi connectivity index (χ2v) is 15.1. The van der Waals surface area contributed by atoms with E-state index in [4.69, 9.17) is 9.47 Å². The normalized spacial score (nSPS) is 35.8. The SMILES string of the molecule is CN1CCN(CCCNC2C(F)CC3C(=O)C(C(=O)N4CCC(NC(=O)OC(C)(C)C)C4)=CN4C5CCCCC5OC2C34)CC1. The number of hydrogen-bond acceptors (Lipinski definition) is 9. The number of hydrogen-bond donors (Lipinski definition) is 2. The number of ether oxygens (including phenoxy) is 2. The van der Waals surface area contributed by atoms with Crippen LogP contribution in [0.25, 0.3) is 0 Å². The Morgan fingerprint density at radius 2 is 1.84 bits per heavy atom. The monoisotopic (exact) mass is 632 g/mol. The van der Waals surface area contributed by atoms with Gasteiger partial charge in [0, 0.05) is 51.4 Å². The number of ketones is 1. The molecule has 2 amide bonds. The Kier molecular flexibility index (Phi) is 9.76. The number of amides is 2. The van der Waals surface area contributed by atoms with E-state index in [1.807, 2.05) is 0 Å². The van der Waals surface area contributed by atoms with Gasteiger partial charge in [-0.2, -0.15) is 0 Å². The fourth-order valence-electron chi connectivity index (χ4n) is 8.33. The van der Waals surface area contributed by atoms with Crippen LogP contribution in [0.1, 0.15) is 65.7 Å². The molecule has 8 atom stereocenters. The highest BCUT2D eigenvalue weighted by atomic mass is 19.1. The molecule has 0 radical (unpaired) electrons. The fraction of sp³-hybridized carbons (Fsp3) is 0.848. The second kappa shape index (κ2) is 13.4. The predicted molar refractivity (Wildman–Crippen MR) is 167 cm³/mol. The van der Waals surface area contributed by atoms with Gasteiger partial charge in [0.05, 0.1) is 41.9 Å². The van der Waals surface area contributed by atoms with Crippen LogP contribution in [0.5, 0.6) is 0 Å². The van der Waals surface area contributed by atoms with Gasteiger partial charge in [-0.05, 0) is 73.0 Å². The van der Waals surface area contributed by atoms with E-state index in [1.165, 1.54) is 0 Å². The summed E-state index contributed by atoms with van der Waals surface area (Å²) in [6, 6.07) is -0.941. The Labute approximate surface area is 267 Å². The second-order valence-electron chi connectivity index (χ2n) is 15.1. The van der Waals surface area contributed by atoms with Crippen molar-refractivity contribution in [2.45, 2.75) is 114 Å². The van der Waals surface area contributed by atoms with Crippen molar-refractivity contribution in [2.24, 2.45) is 5.92 Å². The summed E-state index contributed by atoms with van der Waals surface area (Å²) in [7, 11) is 2.15. The summed E-state index contributed by atoms with van der Waals surface area (Å²) in [6.45, 7) is 12.1. The Morgan fingerprint density at radius 3 is 2.60 bits per heavy atom. The van der Waals surface area contributed by atoms with Gasteiger partial charge in [0.2, 0.25) is 0 Å². The molecule has 0 bridgehead atoms. The standard InChI is InChI=1S/C33H53FN6O5/c1-33(2,3)45-32(43)36-21-10-13-39(19-21)31(42)23-20-40-25-8-5-6-9-26(25)44-30-27(24(34)18-22(28(30)40)29(23)41)35-11-7-12-38-16-14-37(4)15-17-38/h20-22,24-28,30,35H,5-19H2,1-4H3,(H,36,43). The molecule has 8 unspecified atom stereocenters. The summed E-state index contributed by atoms with van der Waals surface area (Å²) >= 11 is 0. The van der Waals surface area contributed by atoms with E-state index >= 15 is 4.39 Å². The smallest absolute Gasteiger partial charge is 0.407 e. The van der Waals surface area contributed by atoms with Gasteiger partial charge >= 0.3 is 6.09 Å². The molecule has 252 valence electrons. The zero-order valence-corrected chi connectivity index (χ0v) is 27.5. The minimum absolute atomic E-state index is 0.0458. The molecule has 2 saturated carbocycles. The van der Waals surface area contributed by atoms with Crippen molar-refractivity contribution < 1.29 is 28.2 Å². The number of alkyl carbamates (subject to hydrolysis) is 1. The van der Waals surface area contributed by atoms with Crippen LogP contribution in [0.15, 0.2) is 11.8 Å². The summed E-state index contributed by atoms with van der Waals surface area (Å²) in [5, 5.41) is 6.37. The van der Waals surface area contributed by atoms with E-state index < -0.39 is 35.9 Å². The zero-order valence-electron chi connectivity index (χ0n) is 27.5. The molecule has 0 aromatic carbocycles. The Balaban J connectivity index is 1.14. The van der Waals surface area contributed by atoms with Gasteiger partial charge in [-0.25, -0.2) is 9.18 Å². The highest BCUT2D eigenvalue weighted by Crippen LogP contribution is 2.45. The summed E-state index contributed by atoms with van der Waals surface area (Å²) < 4.78 is 28.1. The maximum absolute atomic E-state index is 16.1. The quantitative estimate of drug-likeness (QED) is 0.322. The highest BCUT2D eigenvalue weighted by molar-refractivity contribution is 6.20. The summed E-state index contributed by atoms with van der Waals surface area (Å²) in [6.07, 6.45) is 5.10. The van der Waals surface area contributed by atoms with Crippen molar-refractivity contribution in [2.75, 3.05) is 59.4 Å². The van der Waals surface area contributed by atoms with Crippen LogP contribution in [0.2, 0.25) is 0 Å². The molecule has 0 aromatic heterocycles. The Morgan fingerprint density at radius 1 is 1.09 bits per heavy atom. The van der Waals surface area contributed by atoms with Crippen molar-refractivity contribution in [3.05, 3.63) is 11.8 Å². The fourth-order valence-corrected chi connectivity index (χ4v) is 8.33. The highest BCUT2D eigenvalue weighted by Gasteiger charge is 2.58. The molecule has 3 saturated heterocycles. The molecule has 4 heterocycles. The summed E-state index contributed by atoms with van der Waals surface area (Å²) in [5.74, 6) is -1.23. The molecular formula is C33H53FN6O5. The summed E-state index contributed by atoms with van der Waals surface area (Å²) in [4.78, 5) is 48.8. The number of likely N-dealkylation sites (N-methyl/N-ethyl adjacent to an activating group) is 1. The van der Waals surface area contributed by atoms with Crippen LogP contribution in [0, 0.1) is 5.92 Å². The van der Waals surface area contributed by atoms with E-state index in [0.29, 0.717) is 26.1 Å². The number of nitrogens with one attached hydrogen (secondary N) is 2. The van der Waals surface area contributed by atoms with Crippen molar-refractivity contribution in [3.63, 3.8) is 0 Å². The van der Waals surface area contributed by atoms with Gasteiger partial charge in [0.15, 0.2) is 5.78 Å². The molecule has 0 aromatic rings. The molecule has 2 aliphatic carbocycles. The van der Waals surface area contributed by atoms with Crippen LogP contribution in [0.3, 0.4) is 0 Å². The number of carbonyl (C=O) groups excluding carboxylic acids is 3. The van der Waals surface area contributed by atoms with E-state index in [9.17, 15) is 14.4 Å². The minimum atomic E-state index is -1.24. The molecule has 6 aliphatic rings. The number of rotatable bonds is 7. The number of fused-ring (bicyclic) bond motifs is 2. The van der Waals surface area contributed by atoms with E-state index in [0.717, 1.165) is 64.8 Å². The maximum atomic E-state index is 16.1. The molecule has 4 aliphatic heterocycles. The predicted octanol–water partition coefficient (Wildman–Crippen LogP) is 1.91. The number of halogens is 1. The third kappa shape index (κ3) is 7.18. The maximum Gasteiger partial charge on any atom is 0.407 e. The number of carbonyl (C=O) groups is 3. The third-order valence-corrected chi connectivity index (χ3v) is 10.6. The van der Waals surface area contributed by atoms with E-state index in [1.54, 1.807) is 31.9 Å². The lowest BCUT2D eigenvalue weighted by Crippen LogP contribution is -2.72. The van der Waals surface area contributed by atoms with Gasteiger partial charge in [-0.1, -0.05) is 12.8 Å². The first kappa shape index (κ1) is 32.7. The average Bonchev–Trinajstić information content (AvgIpc) is 3.45. The molecule has 12 heteroatoms. The van der Waals surface area contributed by atoms with Gasteiger partial charge in [0.25, 0.3) is 5.91 Å². The molecular weight excluding hydrogens is 579 g/mol. The number of piperazine rings is 1. The lowest BCUT2D eigenvalue weighted by Gasteiger charge is -2.59. The van der Waals surface area contributed by atoms with E-state index in [2.05, 4.69) is 32.4 Å². The first-order valence-corrected chi connectivity index (χ1v) is 17.2. The van der Waals surface area contributed by atoms with Crippen LogP contribution in [0.4, 0.5) is 9.18 Å². The largest absolute Gasteiger partial charge is 0.444 e. The first-order chi connectivity index (χ1) is 21.5. The van der Waals surface area contributed by atoms with Gasteiger partial charge < -0.3 is 39.7 Å². The van der Waals surface area contributed by atoms with Gasteiger partial charge in [0.1, 0.15) is 11.8 Å². The molecule has 45 heavy (non-hydrogen) atoms. The van der Waals surface area contributed by atoms with Crippen LogP contribution >= 0.6 is 0 Å². The number of Topliss-reactive ketones (excluding diaryl/α,β-unsaturated/α-hetero) is 1. The van der Waals surface area contributed by atoms with Crippen molar-refractivity contribution in [1.29, 1.82) is 0 Å². The number of nitrogens with zero attached hydrogens (tertiary/aromatic N) is 4. The lowest BCUT2D eigenvalue weighted by atomic mass is 9.69. The number of morpholine rings is 1. The topological polar surface area (TPSA) is 107 Å². The summed E-state index contributed by atoms with van der Waals surface area (Å²) in [5.41, 5.74) is -0.473. The minimum Gasteiger partial charge on any atom is -0.444 e. The van der Waals surface area contributed by atoms with Crippen LogP contribution in [-0.2, 0) is 19.1 Å².